The van der Waals surface area contributed by atoms with Crippen LogP contribution in [0.15, 0.2) is 48.5 Å². The van der Waals surface area contributed by atoms with E-state index in [0.717, 1.165) is 0 Å². The van der Waals surface area contributed by atoms with E-state index in [1.165, 1.54) is 12.1 Å². The van der Waals surface area contributed by atoms with Crippen molar-refractivity contribution in [2.24, 2.45) is 5.73 Å². The maximum Gasteiger partial charge on any atom is 0.188 e. The summed E-state index contributed by atoms with van der Waals surface area (Å²) in [5, 5.41) is 14.6. The van der Waals surface area contributed by atoms with Crippen LogP contribution in [-0.4, -0.2) is 39.1 Å². The molecule has 1 fully saturated rings. The maximum atomic E-state index is 13.4. The van der Waals surface area contributed by atoms with Crippen LogP contribution in [0, 0.1) is 5.82 Å². The molecule has 1 aliphatic rings. The lowest BCUT2D eigenvalue weighted by Crippen LogP contribution is -2.28. The van der Waals surface area contributed by atoms with Crippen LogP contribution in [-0.2, 0) is 6.61 Å². The molecule has 0 radical (unpaired) electrons. The van der Waals surface area contributed by atoms with E-state index < -0.39 is 6.10 Å². The molecule has 3 aromatic rings. The second kappa shape index (κ2) is 9.42. The van der Waals surface area contributed by atoms with Crippen LogP contribution in [0.1, 0.15) is 30.4 Å². The van der Waals surface area contributed by atoms with E-state index in [1.807, 2.05) is 24.3 Å². The minimum absolute atomic E-state index is 0. The molecule has 1 aromatic heterocycles. The Morgan fingerprint density at radius 3 is 2.47 bits per heavy atom. The zero-order chi connectivity index (χ0) is 20.4. The van der Waals surface area contributed by atoms with Crippen molar-refractivity contribution in [1.29, 1.82) is 0 Å². The number of aromatic nitrogens is 3. The van der Waals surface area contributed by atoms with Crippen LogP contribution >= 0.6 is 12.4 Å². The third-order valence-corrected chi connectivity index (χ3v) is 5.12. The molecule has 2 aromatic carbocycles. The van der Waals surface area contributed by atoms with Gasteiger partial charge in [-0.25, -0.2) is 14.1 Å². The lowest BCUT2D eigenvalue weighted by molar-refractivity contribution is 0.163. The molecular weight excluding hydrogens is 411 g/mol. The number of aliphatic hydroxyl groups excluding tert-OH is 1. The first-order valence-corrected chi connectivity index (χ1v) is 9.46. The number of rotatable bonds is 6. The largest absolute Gasteiger partial charge is 0.493 e. The maximum absolute atomic E-state index is 13.4. The van der Waals surface area contributed by atoms with Crippen LogP contribution in [0.4, 0.5) is 4.39 Å². The first-order valence-electron chi connectivity index (χ1n) is 9.46. The lowest BCUT2D eigenvalue weighted by atomic mass is 10.1. The third kappa shape index (κ3) is 4.56. The van der Waals surface area contributed by atoms with Crippen LogP contribution in [0.3, 0.4) is 0 Å². The number of aliphatic hydroxyl groups is 1. The van der Waals surface area contributed by atoms with Crippen LogP contribution in [0.25, 0.3) is 5.69 Å². The molecule has 3 atom stereocenters. The van der Waals surface area contributed by atoms with Gasteiger partial charge in [0.05, 0.1) is 18.9 Å². The summed E-state index contributed by atoms with van der Waals surface area (Å²) in [5.41, 5.74) is 6.68. The van der Waals surface area contributed by atoms with Gasteiger partial charge in [-0.1, -0.05) is 12.1 Å². The Morgan fingerprint density at radius 2 is 1.83 bits per heavy atom. The fraction of sp³-hybridized carbons (Fsp3) is 0.333. The van der Waals surface area contributed by atoms with Gasteiger partial charge in [0, 0.05) is 12.0 Å². The van der Waals surface area contributed by atoms with Gasteiger partial charge < -0.3 is 20.3 Å². The van der Waals surface area contributed by atoms with Crippen molar-refractivity contribution in [2.75, 3.05) is 7.11 Å². The lowest BCUT2D eigenvalue weighted by Gasteiger charge is -2.11. The Balaban J connectivity index is 0.00000256. The molecule has 0 bridgehead atoms. The van der Waals surface area contributed by atoms with E-state index in [9.17, 15) is 9.50 Å². The van der Waals surface area contributed by atoms with E-state index in [1.54, 1.807) is 23.9 Å². The Hall–Kier alpha value is -2.68. The van der Waals surface area contributed by atoms with Gasteiger partial charge in [-0.3, -0.25) is 0 Å². The minimum Gasteiger partial charge on any atom is -0.493 e. The summed E-state index contributed by atoms with van der Waals surface area (Å²) >= 11 is 0. The first kappa shape index (κ1) is 22.0. The van der Waals surface area contributed by atoms with Gasteiger partial charge in [0.15, 0.2) is 17.3 Å². The second-order valence-corrected chi connectivity index (χ2v) is 7.11. The van der Waals surface area contributed by atoms with Crippen molar-refractivity contribution < 1.29 is 19.0 Å². The predicted molar refractivity (Wildman–Crippen MR) is 112 cm³/mol. The van der Waals surface area contributed by atoms with E-state index in [-0.39, 0.29) is 36.8 Å². The average Bonchev–Trinajstić information content (AvgIpc) is 3.30. The van der Waals surface area contributed by atoms with E-state index in [4.69, 9.17) is 15.2 Å². The van der Waals surface area contributed by atoms with Crippen molar-refractivity contribution in [3.63, 3.8) is 0 Å². The number of nitrogens with two attached hydrogens (primary N) is 1. The number of nitrogens with zero attached hydrogens (tertiary/aromatic N) is 3. The fourth-order valence-electron chi connectivity index (χ4n) is 3.61. The number of hydrogen-bond donors (Lipinski definition) is 2. The van der Waals surface area contributed by atoms with Crippen LogP contribution in [0.2, 0.25) is 0 Å². The van der Waals surface area contributed by atoms with Crippen molar-refractivity contribution >= 4 is 12.4 Å². The Kier molecular flexibility index (Phi) is 6.91. The van der Waals surface area contributed by atoms with E-state index in [0.29, 0.717) is 41.7 Å². The molecule has 1 saturated carbocycles. The molecule has 30 heavy (non-hydrogen) atoms. The summed E-state index contributed by atoms with van der Waals surface area (Å²) in [6.07, 6.45) is 0.536. The van der Waals surface area contributed by atoms with Gasteiger partial charge in [-0.05, 0) is 49.2 Å². The first-order chi connectivity index (χ1) is 14.0. The predicted octanol–water partition coefficient (Wildman–Crippen LogP) is 2.98. The summed E-state index contributed by atoms with van der Waals surface area (Å²) in [4.78, 5) is 4.66. The fourth-order valence-corrected chi connectivity index (χ4v) is 3.61. The molecule has 0 amide bonds. The Morgan fingerprint density at radius 1 is 1.13 bits per heavy atom. The highest BCUT2D eigenvalue weighted by Gasteiger charge is 2.35. The number of benzene rings is 2. The van der Waals surface area contributed by atoms with Crippen molar-refractivity contribution in [3.8, 4) is 17.2 Å². The number of halogens is 2. The molecule has 0 spiro atoms. The summed E-state index contributed by atoms with van der Waals surface area (Å²) in [6, 6.07) is 13.1. The normalized spacial score (nSPS) is 20.6. The van der Waals surface area contributed by atoms with E-state index >= 15 is 0 Å². The number of hydrogen-bond acceptors (Lipinski definition) is 6. The molecule has 1 aliphatic carbocycles. The molecule has 4 rings (SSSR count). The topological polar surface area (TPSA) is 95.4 Å². The number of methoxy groups -OCH3 is 1. The van der Waals surface area contributed by atoms with Gasteiger partial charge in [-0.15, -0.1) is 17.5 Å². The molecule has 160 valence electrons. The van der Waals surface area contributed by atoms with Crippen molar-refractivity contribution in [1.82, 2.24) is 14.8 Å². The molecule has 3 N–H and O–H groups in total. The summed E-state index contributed by atoms with van der Waals surface area (Å²) < 4.78 is 26.2. The highest BCUT2D eigenvalue weighted by Crippen LogP contribution is 2.34. The third-order valence-electron chi connectivity index (χ3n) is 5.12. The molecule has 0 unspecified atom stereocenters. The van der Waals surface area contributed by atoms with E-state index in [2.05, 4.69) is 10.1 Å². The van der Waals surface area contributed by atoms with Gasteiger partial charge in [-0.2, -0.15) is 0 Å². The second-order valence-electron chi connectivity index (χ2n) is 7.11. The standard InChI is InChI=1S/C21H23FN4O3.ClH/c1-28-18-4-2-3-5-19(18)29-12-20-24-21(13-10-16(23)17(27)11-13)26(25-20)15-8-6-14(22)7-9-15;/h2-9,13,16-17,27H,10-12,23H2,1H3;1H/t13-,16+,17+;/m0./s1. The molecule has 7 nitrogen and oxygen atoms in total. The highest BCUT2D eigenvalue weighted by atomic mass is 35.5. The van der Waals surface area contributed by atoms with Crippen molar-refractivity contribution in [2.45, 2.75) is 37.5 Å². The summed E-state index contributed by atoms with van der Waals surface area (Å²) in [7, 11) is 1.58. The molecular formula is C21H24ClFN4O3. The SMILES string of the molecule is COc1ccccc1OCc1nc([C@H]2C[C@@H](N)[C@H](O)C2)n(-c2ccc(F)cc2)n1.Cl. The summed E-state index contributed by atoms with van der Waals surface area (Å²) in [5.74, 6) is 2.00. The number of para-hydroxylation sites is 2. The van der Waals surface area contributed by atoms with Gasteiger partial charge in [0.25, 0.3) is 0 Å². The summed E-state index contributed by atoms with van der Waals surface area (Å²) in [6.45, 7) is 0.142. The molecule has 1 heterocycles. The Bertz CT molecular complexity index is 973. The minimum atomic E-state index is -0.577. The smallest absolute Gasteiger partial charge is 0.188 e. The van der Waals surface area contributed by atoms with Crippen LogP contribution in [0.5, 0.6) is 11.5 Å². The zero-order valence-corrected chi connectivity index (χ0v) is 17.3. The van der Waals surface area contributed by atoms with Crippen molar-refractivity contribution in [3.05, 3.63) is 66.0 Å². The monoisotopic (exact) mass is 434 g/mol. The van der Waals surface area contributed by atoms with Crippen LogP contribution < -0.4 is 15.2 Å². The quantitative estimate of drug-likeness (QED) is 0.619. The molecule has 9 heteroatoms. The van der Waals surface area contributed by atoms with Gasteiger partial charge >= 0.3 is 0 Å². The van der Waals surface area contributed by atoms with Gasteiger partial charge in [0.2, 0.25) is 0 Å². The molecule has 0 aliphatic heterocycles. The zero-order valence-electron chi connectivity index (χ0n) is 16.4. The van der Waals surface area contributed by atoms with Gasteiger partial charge in [0.1, 0.15) is 18.2 Å². The molecule has 0 saturated heterocycles. The number of ether oxygens (including phenoxy) is 2. The highest BCUT2D eigenvalue weighted by molar-refractivity contribution is 5.85. The average molecular weight is 435 g/mol. The Labute approximate surface area is 180 Å².